The van der Waals surface area contributed by atoms with Gasteiger partial charge in [0, 0.05) is 6.07 Å². The van der Waals surface area contributed by atoms with E-state index in [4.69, 9.17) is 10.00 Å². The Morgan fingerprint density at radius 2 is 2.33 bits per heavy atom. The van der Waals surface area contributed by atoms with E-state index in [-0.39, 0.29) is 33.7 Å². The molecule has 0 amide bonds. The molecule has 0 heterocycles. The minimum atomic E-state index is -0.251. The summed E-state index contributed by atoms with van der Waals surface area (Å²) in [7, 11) is 1.35. The third-order valence-electron chi connectivity index (χ3n) is 1.82. The number of alkyl halides is 1. The van der Waals surface area contributed by atoms with E-state index in [0.717, 1.165) is 0 Å². The van der Waals surface area contributed by atoms with E-state index >= 15 is 0 Å². The molecule has 15 heavy (non-hydrogen) atoms. The van der Waals surface area contributed by atoms with Gasteiger partial charge in [0.25, 0.3) is 0 Å². The summed E-state index contributed by atoms with van der Waals surface area (Å²) in [5.74, 6) is -0.362. The van der Waals surface area contributed by atoms with Crippen LogP contribution in [-0.2, 0) is 0 Å². The van der Waals surface area contributed by atoms with E-state index in [1.54, 1.807) is 0 Å². The fourth-order valence-electron chi connectivity index (χ4n) is 1.17. The smallest absolute Gasteiger partial charge is 0.177 e. The van der Waals surface area contributed by atoms with Gasteiger partial charge in [-0.15, -0.1) is 0 Å². The zero-order chi connectivity index (χ0) is 11.4. The van der Waals surface area contributed by atoms with Crippen molar-refractivity contribution in [2.45, 2.75) is 0 Å². The first-order chi connectivity index (χ1) is 7.13. The molecule has 0 spiro atoms. The zero-order valence-electron chi connectivity index (χ0n) is 7.95. The summed E-state index contributed by atoms with van der Waals surface area (Å²) >= 11 is 3.02. The largest absolute Gasteiger partial charge is 0.504 e. The van der Waals surface area contributed by atoms with Crippen molar-refractivity contribution in [3.63, 3.8) is 0 Å². The van der Waals surface area contributed by atoms with Crippen molar-refractivity contribution in [3.8, 4) is 17.6 Å². The van der Waals surface area contributed by atoms with E-state index in [2.05, 4.69) is 15.9 Å². The van der Waals surface area contributed by atoms with Crippen LogP contribution < -0.4 is 4.74 Å². The number of ether oxygens (including phenoxy) is 1. The van der Waals surface area contributed by atoms with Gasteiger partial charge in [0.15, 0.2) is 17.3 Å². The molecule has 0 aliphatic heterocycles. The molecule has 0 fully saturated rings. The molecule has 0 aromatic heterocycles. The van der Waals surface area contributed by atoms with Gasteiger partial charge >= 0.3 is 0 Å². The molecule has 0 saturated heterocycles. The number of methoxy groups -OCH3 is 1. The number of hydrogen-bond donors (Lipinski definition) is 1. The minimum absolute atomic E-state index is 0.0958. The molecule has 1 N–H and O–H groups in total. The predicted octanol–water partition coefficient (Wildman–Crippen LogP) is 1.85. The number of aromatic hydroxyl groups is 1. The van der Waals surface area contributed by atoms with Crippen LogP contribution in [0.25, 0.3) is 0 Å². The minimum Gasteiger partial charge on any atom is -0.504 e. The van der Waals surface area contributed by atoms with Crippen molar-refractivity contribution >= 4 is 21.7 Å². The summed E-state index contributed by atoms with van der Waals surface area (Å²) in [4.78, 5) is 11.5. The van der Waals surface area contributed by atoms with E-state index < -0.39 is 0 Å². The summed E-state index contributed by atoms with van der Waals surface area (Å²) in [6.07, 6.45) is 0. The number of carbonyl (C=O) groups excluding carboxylic acids is 1. The van der Waals surface area contributed by atoms with Gasteiger partial charge < -0.3 is 9.84 Å². The van der Waals surface area contributed by atoms with Crippen LogP contribution in [0.15, 0.2) is 12.1 Å². The number of ketones is 1. The second kappa shape index (κ2) is 4.80. The van der Waals surface area contributed by atoms with Crippen LogP contribution in [0.3, 0.4) is 0 Å². The standard InChI is InChI=1S/C10H8BrNO3/c1-15-10-7(9(14)4-11)2-6(5-12)3-8(10)13/h2-3,13H,4H2,1H3. The average Bonchev–Trinajstić information content (AvgIpc) is 2.26. The number of benzene rings is 1. The molecular formula is C10H8BrNO3. The lowest BCUT2D eigenvalue weighted by Crippen LogP contribution is -2.04. The summed E-state index contributed by atoms with van der Waals surface area (Å²) in [6, 6.07) is 4.50. The lowest BCUT2D eigenvalue weighted by atomic mass is 10.1. The fourth-order valence-corrected chi connectivity index (χ4v) is 1.47. The van der Waals surface area contributed by atoms with Crippen molar-refractivity contribution in [1.29, 1.82) is 5.26 Å². The van der Waals surface area contributed by atoms with Gasteiger partial charge in [-0.3, -0.25) is 4.79 Å². The highest BCUT2D eigenvalue weighted by molar-refractivity contribution is 9.09. The van der Waals surface area contributed by atoms with Crippen molar-refractivity contribution in [2.24, 2.45) is 0 Å². The molecule has 4 nitrogen and oxygen atoms in total. The third kappa shape index (κ3) is 2.28. The summed E-state index contributed by atoms with van der Waals surface area (Å²) in [6.45, 7) is 0. The Morgan fingerprint density at radius 1 is 1.67 bits per heavy atom. The Balaban J connectivity index is 3.40. The summed E-state index contributed by atoms with van der Waals surface area (Å²) in [5, 5.41) is 18.3. The fraction of sp³-hybridized carbons (Fsp3) is 0.200. The van der Waals surface area contributed by atoms with Crippen LogP contribution in [0.1, 0.15) is 15.9 Å². The lowest BCUT2D eigenvalue weighted by Gasteiger charge is -2.08. The van der Waals surface area contributed by atoms with Crippen LogP contribution in [0, 0.1) is 11.3 Å². The van der Waals surface area contributed by atoms with Gasteiger partial charge in [0.1, 0.15) is 0 Å². The van der Waals surface area contributed by atoms with Crippen molar-refractivity contribution in [2.75, 3.05) is 12.4 Å². The molecular weight excluding hydrogens is 262 g/mol. The Morgan fingerprint density at radius 3 is 2.80 bits per heavy atom. The van der Waals surface area contributed by atoms with E-state index in [0.29, 0.717) is 0 Å². The van der Waals surface area contributed by atoms with Gasteiger partial charge in [-0.1, -0.05) is 15.9 Å². The first-order valence-electron chi connectivity index (χ1n) is 4.04. The van der Waals surface area contributed by atoms with Gasteiger partial charge in [0.2, 0.25) is 0 Å². The maximum Gasteiger partial charge on any atom is 0.177 e. The Labute approximate surface area is 95.2 Å². The van der Waals surface area contributed by atoms with Crippen LogP contribution >= 0.6 is 15.9 Å². The highest BCUT2D eigenvalue weighted by atomic mass is 79.9. The SMILES string of the molecule is COc1c(O)cc(C#N)cc1C(=O)CBr. The van der Waals surface area contributed by atoms with Crippen molar-refractivity contribution in [1.82, 2.24) is 0 Å². The number of phenols is 1. The van der Waals surface area contributed by atoms with Crippen molar-refractivity contribution < 1.29 is 14.6 Å². The number of hydrogen-bond acceptors (Lipinski definition) is 4. The van der Waals surface area contributed by atoms with Crippen LogP contribution in [0.2, 0.25) is 0 Å². The normalized spacial score (nSPS) is 9.40. The number of halogens is 1. The predicted molar refractivity (Wildman–Crippen MR) is 57.5 cm³/mol. The Kier molecular flexibility index (Phi) is 3.69. The molecule has 1 rings (SSSR count). The highest BCUT2D eigenvalue weighted by Crippen LogP contribution is 2.31. The molecule has 0 aliphatic rings. The number of rotatable bonds is 3. The number of phenolic OH excluding ortho intramolecular Hbond substituents is 1. The topological polar surface area (TPSA) is 70.3 Å². The zero-order valence-corrected chi connectivity index (χ0v) is 9.54. The highest BCUT2D eigenvalue weighted by Gasteiger charge is 2.16. The first-order valence-corrected chi connectivity index (χ1v) is 5.16. The Hall–Kier alpha value is -1.54. The average molecular weight is 270 g/mol. The summed E-state index contributed by atoms with van der Waals surface area (Å²) < 4.78 is 4.90. The van der Waals surface area contributed by atoms with Gasteiger partial charge in [-0.25, -0.2) is 0 Å². The monoisotopic (exact) mass is 269 g/mol. The maximum atomic E-state index is 11.5. The van der Waals surface area contributed by atoms with Crippen LogP contribution in [0.5, 0.6) is 11.5 Å². The molecule has 0 aliphatic carbocycles. The molecule has 0 unspecified atom stereocenters. The first kappa shape index (κ1) is 11.5. The molecule has 0 radical (unpaired) electrons. The van der Waals surface area contributed by atoms with E-state index in [9.17, 15) is 9.90 Å². The van der Waals surface area contributed by atoms with Crippen molar-refractivity contribution in [3.05, 3.63) is 23.3 Å². The molecule has 78 valence electrons. The number of nitriles is 1. The maximum absolute atomic E-state index is 11.5. The summed E-state index contributed by atoms with van der Waals surface area (Å²) in [5.41, 5.74) is 0.420. The lowest BCUT2D eigenvalue weighted by molar-refractivity contribution is 0.102. The molecule has 1 aromatic rings. The quantitative estimate of drug-likeness (QED) is 0.672. The molecule has 5 heteroatoms. The second-order valence-electron chi connectivity index (χ2n) is 2.74. The van der Waals surface area contributed by atoms with Crippen LogP contribution in [0.4, 0.5) is 0 Å². The molecule has 1 aromatic carbocycles. The van der Waals surface area contributed by atoms with E-state index in [1.165, 1.54) is 19.2 Å². The second-order valence-corrected chi connectivity index (χ2v) is 3.31. The molecule has 0 atom stereocenters. The van der Waals surface area contributed by atoms with Crippen LogP contribution in [-0.4, -0.2) is 23.3 Å². The van der Waals surface area contributed by atoms with Gasteiger partial charge in [-0.05, 0) is 6.07 Å². The number of Topliss-reactive ketones (excluding diaryl/α,β-unsaturated/α-hetero) is 1. The van der Waals surface area contributed by atoms with Gasteiger partial charge in [-0.2, -0.15) is 5.26 Å². The number of carbonyl (C=O) groups is 1. The van der Waals surface area contributed by atoms with Gasteiger partial charge in [0.05, 0.1) is 29.6 Å². The third-order valence-corrected chi connectivity index (χ3v) is 2.33. The molecule has 0 saturated carbocycles. The Bertz CT molecular complexity index is 437. The number of nitrogens with zero attached hydrogens (tertiary/aromatic N) is 1. The molecule has 0 bridgehead atoms. The van der Waals surface area contributed by atoms with E-state index in [1.807, 2.05) is 6.07 Å².